The molecule has 0 spiro atoms. The van der Waals surface area contributed by atoms with E-state index in [-0.39, 0.29) is 111 Å². The normalized spacial score (nSPS) is 16.6. The summed E-state index contributed by atoms with van der Waals surface area (Å²) in [7, 11) is 0. The molecule has 3 aliphatic heterocycles. The first kappa shape index (κ1) is 89.2. The van der Waals surface area contributed by atoms with E-state index in [1.807, 2.05) is 13.0 Å². The number of rotatable bonds is 52. The van der Waals surface area contributed by atoms with Crippen LogP contribution < -0.4 is 26.7 Å². The van der Waals surface area contributed by atoms with Crippen LogP contribution in [0.4, 0.5) is 4.79 Å². The van der Waals surface area contributed by atoms with Gasteiger partial charge in [0.2, 0.25) is 11.5 Å². The average molecular weight is 1630 g/mol. The molecule has 0 bridgehead atoms. The van der Waals surface area contributed by atoms with Gasteiger partial charge in [0.15, 0.2) is 6.10 Å². The van der Waals surface area contributed by atoms with Gasteiger partial charge < -0.3 is 92.0 Å². The lowest BCUT2D eigenvalue weighted by Crippen LogP contribution is -2.49. The van der Waals surface area contributed by atoms with Crippen LogP contribution in [0.1, 0.15) is 110 Å². The van der Waals surface area contributed by atoms with Crippen molar-refractivity contribution in [2.75, 3.05) is 139 Å². The highest BCUT2D eigenvalue weighted by Crippen LogP contribution is 2.44. The fourth-order valence-electron chi connectivity index (χ4n) is 14.0. The summed E-state index contributed by atoms with van der Waals surface area (Å²) in [6.07, 6.45) is 6.13. The van der Waals surface area contributed by atoms with E-state index in [2.05, 4.69) is 46.1 Å². The second kappa shape index (κ2) is 46.7. The molecule has 33 nitrogen and oxygen atoms in total. The summed E-state index contributed by atoms with van der Waals surface area (Å²) < 4.78 is 87.0. The summed E-state index contributed by atoms with van der Waals surface area (Å²) in [6, 6.07) is 23.7. The van der Waals surface area contributed by atoms with Crippen LogP contribution in [0, 0.1) is 18.8 Å². The number of ether oxygens (including phenoxy) is 15. The first-order valence-corrected chi connectivity index (χ1v) is 39.9. The molecule has 5 heterocycles. The number of carbonyl (C=O) groups is 9. The molecule has 1 fully saturated rings. The number of pyridine rings is 1. The molecule has 33 heteroatoms. The van der Waals surface area contributed by atoms with Crippen LogP contribution in [0.2, 0.25) is 0 Å². The molecule has 4 N–H and O–H groups in total. The zero-order valence-corrected chi connectivity index (χ0v) is 66.6. The highest BCUT2D eigenvalue weighted by atomic mass is 16.7. The highest BCUT2D eigenvalue weighted by molar-refractivity contribution is 6.13. The van der Waals surface area contributed by atoms with Gasteiger partial charge in [0.1, 0.15) is 50.5 Å². The SMILES string of the molecule is CCc1c2c(cc3ccc(C)cc13)-c1cc3c(c(=O)n1C2)COC(=O)[C@@]3(CC)OC(=O)OCc1ccc(OC(=O)[C@H](CCCCN)NC(=O)C(Cc2ccccc2)OC(=O)COCC(=O)NCCOCCOCCOCCOCCOCCOCCOCCOCCn2cc(COC(=O)C3CCC(CN4C(=O)C=CC4=O)CC3)nn2)cc1. The lowest BCUT2D eigenvalue weighted by Gasteiger charge is -2.35. The number of fused-ring (bicyclic) bond motifs is 5. The maximum atomic E-state index is 14.3. The average Bonchev–Trinajstić information content (AvgIpc) is 1.59. The van der Waals surface area contributed by atoms with E-state index in [4.69, 9.17) is 76.8 Å². The third kappa shape index (κ3) is 26.7. The van der Waals surface area contributed by atoms with Gasteiger partial charge >= 0.3 is 30.0 Å². The van der Waals surface area contributed by atoms with Crippen molar-refractivity contribution in [1.82, 2.24) is 35.1 Å². The number of cyclic esters (lactones) is 1. The molecule has 10 rings (SSSR count). The minimum atomic E-state index is -1.98. The van der Waals surface area contributed by atoms with E-state index in [0.29, 0.717) is 167 Å². The third-order valence-electron chi connectivity index (χ3n) is 20.2. The topological polar surface area (TPSA) is 398 Å². The zero-order chi connectivity index (χ0) is 82.7. The Balaban J connectivity index is 0.522. The van der Waals surface area contributed by atoms with Crippen LogP contribution >= 0.6 is 0 Å². The number of aryl methyl sites for hydroxylation is 2. The fraction of sp³-hybridized carbons (Fsp3) is 0.524. The maximum absolute atomic E-state index is 14.3. The van der Waals surface area contributed by atoms with E-state index < -0.39 is 66.8 Å². The predicted molar refractivity (Wildman–Crippen MR) is 418 cm³/mol. The quantitative estimate of drug-likeness (QED) is 0.0131. The number of nitrogens with one attached hydrogen (secondary N) is 2. The molecule has 2 aromatic heterocycles. The van der Waals surface area contributed by atoms with Crippen LogP contribution in [-0.4, -0.2) is 229 Å². The fourth-order valence-corrected chi connectivity index (χ4v) is 14.0. The number of unbranched alkanes of at least 4 members (excludes halogenated alkanes) is 1. The van der Waals surface area contributed by atoms with Crippen LogP contribution in [-0.2, 0) is 156 Å². The van der Waals surface area contributed by atoms with Crippen molar-refractivity contribution in [3.8, 4) is 17.0 Å². The van der Waals surface area contributed by atoms with Crippen LogP contribution in [0.15, 0.2) is 108 Å². The van der Waals surface area contributed by atoms with Crippen LogP contribution in [0.25, 0.3) is 22.0 Å². The van der Waals surface area contributed by atoms with Gasteiger partial charge in [-0.3, -0.25) is 33.7 Å². The number of nitrogens with zero attached hydrogens (tertiary/aromatic N) is 5. The van der Waals surface area contributed by atoms with Crippen LogP contribution in [0.5, 0.6) is 5.75 Å². The molecule has 1 saturated carbocycles. The Bertz CT molecular complexity index is 4370. The number of hydrogen-bond donors (Lipinski definition) is 3. The highest BCUT2D eigenvalue weighted by Gasteiger charge is 2.51. The summed E-state index contributed by atoms with van der Waals surface area (Å²) in [5.41, 5.74) is 10.3. The first-order chi connectivity index (χ1) is 56.9. The summed E-state index contributed by atoms with van der Waals surface area (Å²) in [5, 5.41) is 15.6. The predicted octanol–water partition coefficient (Wildman–Crippen LogP) is 5.92. The number of amides is 4. The maximum Gasteiger partial charge on any atom is 0.510 e. The molecule has 1 unspecified atom stereocenters. The molecule has 632 valence electrons. The van der Waals surface area contributed by atoms with Crippen molar-refractivity contribution >= 4 is 64.4 Å². The van der Waals surface area contributed by atoms with E-state index >= 15 is 0 Å². The van der Waals surface area contributed by atoms with Gasteiger partial charge in [-0.15, -0.1) is 5.10 Å². The molecule has 4 amide bonds. The second-order valence-corrected chi connectivity index (χ2v) is 28.4. The Morgan fingerprint density at radius 3 is 1.95 bits per heavy atom. The van der Waals surface area contributed by atoms with Crippen molar-refractivity contribution in [3.05, 3.63) is 158 Å². The Kier molecular flexibility index (Phi) is 35.6. The van der Waals surface area contributed by atoms with Gasteiger partial charge in [-0.05, 0) is 134 Å². The minimum Gasteiger partial charge on any atom is -0.459 e. The van der Waals surface area contributed by atoms with Crippen molar-refractivity contribution in [3.63, 3.8) is 0 Å². The smallest absolute Gasteiger partial charge is 0.459 e. The largest absolute Gasteiger partial charge is 0.510 e. The van der Waals surface area contributed by atoms with Gasteiger partial charge in [0.05, 0.1) is 142 Å². The molecule has 3 atom stereocenters. The summed E-state index contributed by atoms with van der Waals surface area (Å²) in [6.45, 7) is 11.5. The number of carbonyl (C=O) groups excluding carboxylic acids is 9. The Labute approximate surface area is 677 Å². The Morgan fingerprint density at radius 1 is 0.675 bits per heavy atom. The molecular weight excluding hydrogens is 1520 g/mol. The van der Waals surface area contributed by atoms with Crippen molar-refractivity contribution in [2.45, 2.75) is 136 Å². The number of nitrogens with two attached hydrogens (primary N) is 1. The first-order valence-electron chi connectivity index (χ1n) is 39.9. The van der Waals surface area contributed by atoms with Gasteiger partial charge in [0.25, 0.3) is 23.3 Å². The third-order valence-corrected chi connectivity index (χ3v) is 20.2. The molecule has 0 saturated heterocycles. The summed E-state index contributed by atoms with van der Waals surface area (Å²) in [5.74, 6) is -4.71. The van der Waals surface area contributed by atoms with Gasteiger partial charge in [-0.25, -0.2) is 23.9 Å². The monoisotopic (exact) mass is 1630 g/mol. The van der Waals surface area contributed by atoms with E-state index in [0.717, 1.165) is 52.3 Å². The van der Waals surface area contributed by atoms with Crippen LogP contribution in [0.3, 0.4) is 0 Å². The van der Waals surface area contributed by atoms with Gasteiger partial charge in [-0.2, -0.15) is 0 Å². The second-order valence-electron chi connectivity index (χ2n) is 28.4. The Morgan fingerprint density at radius 2 is 1.32 bits per heavy atom. The van der Waals surface area contributed by atoms with E-state index in [1.165, 1.54) is 29.2 Å². The minimum absolute atomic E-state index is 0.0226. The standard InChI is InChI=1S/C84H106N8O25/c1-4-65-66-45-57(3)14-19-62(66)47-67-68(65)51-91-72(67)48-70-69(79(91)98)54-113-82(101)84(70,5-2)117-83(102)114-52-60-17-22-64(23-18-60)115-81(100)71(13-9-10-26-85)87-78(97)73(46-58-11-7-6-8-12-58)116-77(96)56-111-55-74(93)86-27-29-103-31-33-105-35-37-107-39-41-109-43-44-110-42-40-108-38-36-106-34-32-104-30-28-90-50-63(88-89-90)53-112-80(99)61-20-15-59(16-21-61)49-92-75(94)24-25-76(92)95/h6-8,11-12,14,17-19,22-25,45,47-48,50,59,61,71,73H,4-5,9-10,13,15-16,20-21,26-44,46,49,51-56,85H2,1-3H3,(H,86,93)(H,87,97)/t59?,61?,71-,73?,84-/m0/s1. The van der Waals surface area contributed by atoms with Crippen molar-refractivity contribution < 1.29 is 114 Å². The number of imide groups is 1. The summed E-state index contributed by atoms with van der Waals surface area (Å²) in [4.78, 5) is 133. The number of benzene rings is 4. The molecule has 6 aromatic rings. The lowest BCUT2D eigenvalue weighted by molar-refractivity contribution is -0.175. The molecule has 117 heavy (non-hydrogen) atoms. The lowest BCUT2D eigenvalue weighted by atomic mass is 9.82. The number of hydrogen-bond acceptors (Lipinski definition) is 28. The number of aromatic nitrogens is 4. The molecular formula is C84H106N8O25. The van der Waals surface area contributed by atoms with E-state index in [1.54, 1.807) is 70.9 Å². The Hall–Kier alpha value is -10.2. The van der Waals surface area contributed by atoms with Crippen molar-refractivity contribution in [1.29, 1.82) is 0 Å². The van der Waals surface area contributed by atoms with Crippen molar-refractivity contribution in [2.24, 2.45) is 17.6 Å². The molecule has 4 aliphatic rings. The number of esters is 4. The van der Waals surface area contributed by atoms with E-state index in [9.17, 15) is 47.9 Å². The molecule has 0 radical (unpaired) electrons. The van der Waals surface area contributed by atoms with Gasteiger partial charge in [-0.1, -0.05) is 85.3 Å². The molecule has 4 aromatic carbocycles. The summed E-state index contributed by atoms with van der Waals surface area (Å²) >= 11 is 0. The zero-order valence-electron chi connectivity index (χ0n) is 66.6. The van der Waals surface area contributed by atoms with Gasteiger partial charge in [0, 0.05) is 42.8 Å². The molecule has 1 aliphatic carbocycles.